The molecule has 108 valence electrons. The zero-order chi connectivity index (χ0) is 14.8. The zero-order valence-corrected chi connectivity index (χ0v) is 12.1. The highest BCUT2D eigenvalue weighted by atomic mass is 16.3. The Labute approximate surface area is 124 Å². The van der Waals surface area contributed by atoms with Crippen LogP contribution in [0.2, 0.25) is 0 Å². The molecule has 2 heterocycles. The first-order valence-corrected chi connectivity index (χ1v) is 7.18. The zero-order valence-electron chi connectivity index (χ0n) is 12.1. The molecule has 1 aliphatic rings. The van der Waals surface area contributed by atoms with E-state index in [9.17, 15) is 4.79 Å². The first-order chi connectivity index (χ1) is 10.2. The Balaban J connectivity index is 1.91. The van der Waals surface area contributed by atoms with Crippen molar-refractivity contribution in [2.75, 3.05) is 6.61 Å². The highest BCUT2D eigenvalue weighted by Crippen LogP contribution is 2.26. The van der Waals surface area contributed by atoms with E-state index >= 15 is 0 Å². The molecule has 0 spiro atoms. The maximum atomic E-state index is 12.5. The summed E-state index contributed by atoms with van der Waals surface area (Å²) in [5.41, 5.74) is 3.80. The smallest absolute Gasteiger partial charge is 0.190 e. The summed E-state index contributed by atoms with van der Waals surface area (Å²) in [7, 11) is 1.98. The van der Waals surface area contributed by atoms with Gasteiger partial charge in [0.05, 0.1) is 0 Å². The Hall–Kier alpha value is -2.20. The van der Waals surface area contributed by atoms with Crippen molar-refractivity contribution in [3.8, 4) is 0 Å². The fourth-order valence-electron chi connectivity index (χ4n) is 2.84. The molecule has 2 aromatic rings. The molecule has 4 nitrogen and oxygen atoms in total. The van der Waals surface area contributed by atoms with Crippen molar-refractivity contribution < 1.29 is 14.5 Å². The Morgan fingerprint density at radius 3 is 3.05 bits per heavy atom. The normalized spacial score (nSPS) is 16.3. The summed E-state index contributed by atoms with van der Waals surface area (Å²) in [4.78, 5) is 12.5. The molecule has 0 fully saturated rings. The molecule has 0 amide bonds. The minimum Gasteiger partial charge on any atom is -0.390 e. The molecule has 0 bridgehead atoms. The highest BCUT2D eigenvalue weighted by Gasteiger charge is 2.24. The number of rotatable bonds is 3. The van der Waals surface area contributed by atoms with Gasteiger partial charge in [-0.1, -0.05) is 0 Å². The monoisotopic (exact) mass is 283 g/mol. The number of hydrogen-bond donors (Lipinski definition) is 1. The van der Waals surface area contributed by atoms with Gasteiger partial charge in [0, 0.05) is 41.7 Å². The molecule has 21 heavy (non-hydrogen) atoms. The van der Waals surface area contributed by atoms with E-state index in [0.29, 0.717) is 6.54 Å². The van der Waals surface area contributed by atoms with Gasteiger partial charge in [-0.05, 0) is 31.1 Å². The van der Waals surface area contributed by atoms with E-state index in [1.807, 2.05) is 59.0 Å². The Morgan fingerprint density at radius 2 is 2.24 bits per heavy atom. The number of pyridine rings is 1. The summed E-state index contributed by atoms with van der Waals surface area (Å²) in [6.07, 6.45) is 9.46. The predicted molar refractivity (Wildman–Crippen MR) is 79.8 cm³/mol. The van der Waals surface area contributed by atoms with E-state index in [1.165, 1.54) is 0 Å². The summed E-state index contributed by atoms with van der Waals surface area (Å²) in [5, 5.41) is 8.99. The van der Waals surface area contributed by atoms with E-state index < -0.39 is 0 Å². The standard InChI is InChI=1S/C17H19N2O2/c1-18-8-6-15-16(18)5-4-14(17(15)21)11-13-3-2-7-19(12-13)9-10-20/h2-3,6-8,11-12,20H,4-5,9-10H2,1H3/q+1. The van der Waals surface area contributed by atoms with Crippen LogP contribution in [0.15, 0.2) is 42.4 Å². The van der Waals surface area contributed by atoms with E-state index in [2.05, 4.69) is 0 Å². The van der Waals surface area contributed by atoms with Gasteiger partial charge in [-0.3, -0.25) is 4.79 Å². The van der Waals surface area contributed by atoms with Crippen molar-refractivity contribution in [2.45, 2.75) is 19.4 Å². The van der Waals surface area contributed by atoms with E-state index in [-0.39, 0.29) is 12.4 Å². The number of fused-ring (bicyclic) bond motifs is 1. The second-order valence-electron chi connectivity index (χ2n) is 5.38. The van der Waals surface area contributed by atoms with E-state index in [0.717, 1.165) is 35.2 Å². The molecule has 0 aromatic carbocycles. The summed E-state index contributed by atoms with van der Waals surface area (Å²) in [5.74, 6) is 0.134. The van der Waals surface area contributed by atoms with Gasteiger partial charge in [0.25, 0.3) is 0 Å². The number of aryl methyl sites for hydroxylation is 1. The number of nitrogens with zero attached hydrogens (tertiary/aromatic N) is 2. The Morgan fingerprint density at radius 1 is 1.38 bits per heavy atom. The minimum atomic E-state index is 0.108. The van der Waals surface area contributed by atoms with Crippen molar-refractivity contribution >= 4 is 11.9 Å². The van der Waals surface area contributed by atoms with Gasteiger partial charge in [0.1, 0.15) is 6.61 Å². The number of allylic oxidation sites excluding steroid dienone is 1. The molecule has 0 aliphatic heterocycles. The van der Waals surface area contributed by atoms with Crippen LogP contribution in [0, 0.1) is 0 Å². The Bertz CT molecular complexity index is 713. The lowest BCUT2D eigenvalue weighted by Gasteiger charge is -2.15. The van der Waals surface area contributed by atoms with Crippen LogP contribution >= 0.6 is 0 Å². The number of hydrogen-bond acceptors (Lipinski definition) is 2. The number of carbonyl (C=O) groups is 1. The summed E-state index contributed by atoms with van der Waals surface area (Å²) in [6, 6.07) is 5.82. The number of carbonyl (C=O) groups excluding carboxylic acids is 1. The fraction of sp³-hybridized carbons (Fsp3) is 0.294. The summed E-state index contributed by atoms with van der Waals surface area (Å²) >= 11 is 0. The van der Waals surface area contributed by atoms with E-state index in [1.54, 1.807) is 0 Å². The third kappa shape index (κ3) is 2.67. The van der Waals surface area contributed by atoms with Gasteiger partial charge in [-0.25, -0.2) is 4.57 Å². The third-order valence-electron chi connectivity index (χ3n) is 3.95. The molecule has 0 atom stereocenters. The lowest BCUT2D eigenvalue weighted by Crippen LogP contribution is -2.34. The fourth-order valence-corrected chi connectivity index (χ4v) is 2.84. The molecule has 0 radical (unpaired) electrons. The Kier molecular flexibility index (Phi) is 3.71. The number of Topliss-reactive ketones (excluding diaryl/α,β-unsaturated/α-hetero) is 1. The average Bonchev–Trinajstić information content (AvgIpc) is 2.85. The van der Waals surface area contributed by atoms with Crippen LogP contribution in [-0.2, 0) is 20.0 Å². The molecule has 1 aliphatic carbocycles. The number of aliphatic hydroxyl groups is 1. The van der Waals surface area contributed by atoms with Crippen molar-refractivity contribution in [1.82, 2.24) is 4.57 Å². The van der Waals surface area contributed by atoms with Crippen LogP contribution in [-0.4, -0.2) is 22.1 Å². The van der Waals surface area contributed by atoms with Gasteiger partial charge in [-0.2, -0.15) is 0 Å². The van der Waals surface area contributed by atoms with Gasteiger partial charge >= 0.3 is 0 Å². The van der Waals surface area contributed by atoms with E-state index in [4.69, 9.17) is 5.11 Å². The molecule has 2 aromatic heterocycles. The predicted octanol–water partition coefficient (Wildman–Crippen LogP) is 1.52. The quantitative estimate of drug-likeness (QED) is 0.686. The molecular formula is C17H19N2O2+. The maximum Gasteiger partial charge on any atom is 0.190 e. The SMILES string of the molecule is Cn1ccc2c1CCC(=Cc1ccc[n+](CCO)c1)C2=O. The van der Waals surface area contributed by atoms with Crippen LogP contribution in [0.25, 0.3) is 6.08 Å². The molecule has 4 heteroatoms. The lowest BCUT2D eigenvalue weighted by molar-refractivity contribution is -0.698. The first kappa shape index (κ1) is 13.8. The number of ketones is 1. The summed E-state index contributed by atoms with van der Waals surface area (Å²) < 4.78 is 3.95. The lowest BCUT2D eigenvalue weighted by atomic mass is 9.90. The molecule has 0 saturated heterocycles. The van der Waals surface area contributed by atoms with Crippen molar-refractivity contribution in [3.63, 3.8) is 0 Å². The van der Waals surface area contributed by atoms with Gasteiger partial charge in [0.15, 0.2) is 24.7 Å². The minimum absolute atomic E-state index is 0.108. The first-order valence-electron chi connectivity index (χ1n) is 7.18. The van der Waals surface area contributed by atoms with Crippen molar-refractivity contribution in [3.05, 3.63) is 59.2 Å². The summed E-state index contributed by atoms with van der Waals surface area (Å²) in [6.45, 7) is 0.671. The third-order valence-corrected chi connectivity index (χ3v) is 3.95. The van der Waals surface area contributed by atoms with Crippen molar-refractivity contribution in [2.24, 2.45) is 7.05 Å². The van der Waals surface area contributed by atoms with Crippen LogP contribution in [0.4, 0.5) is 0 Å². The molecular weight excluding hydrogens is 264 g/mol. The second kappa shape index (κ2) is 5.66. The van der Waals surface area contributed by atoms with Gasteiger partial charge in [-0.15, -0.1) is 0 Å². The van der Waals surface area contributed by atoms with Crippen LogP contribution < -0.4 is 4.57 Å². The highest BCUT2D eigenvalue weighted by molar-refractivity contribution is 6.13. The largest absolute Gasteiger partial charge is 0.390 e. The number of aliphatic hydroxyl groups excluding tert-OH is 1. The molecule has 0 unspecified atom stereocenters. The van der Waals surface area contributed by atoms with Gasteiger partial charge < -0.3 is 9.67 Å². The molecule has 3 rings (SSSR count). The molecule has 0 saturated carbocycles. The van der Waals surface area contributed by atoms with Crippen LogP contribution in [0.5, 0.6) is 0 Å². The second-order valence-corrected chi connectivity index (χ2v) is 5.38. The van der Waals surface area contributed by atoms with Crippen LogP contribution in [0.3, 0.4) is 0 Å². The number of aromatic nitrogens is 2. The van der Waals surface area contributed by atoms with Crippen LogP contribution in [0.1, 0.15) is 28.0 Å². The van der Waals surface area contributed by atoms with Gasteiger partial charge in [0.2, 0.25) is 0 Å². The molecule has 1 N–H and O–H groups in total. The average molecular weight is 283 g/mol. The van der Waals surface area contributed by atoms with Crippen molar-refractivity contribution in [1.29, 1.82) is 0 Å². The maximum absolute atomic E-state index is 12.5. The topological polar surface area (TPSA) is 46.1 Å².